The Labute approximate surface area is 203 Å². The Kier molecular flexibility index (Phi) is 8.64. The van der Waals surface area contributed by atoms with E-state index in [1.165, 1.54) is 55.7 Å². The second-order valence-corrected chi connectivity index (χ2v) is 9.91. The predicted octanol–water partition coefficient (Wildman–Crippen LogP) is 8.28. The highest BCUT2D eigenvalue weighted by Crippen LogP contribution is 2.38. The van der Waals surface area contributed by atoms with Crippen LogP contribution in [0.4, 0.5) is 8.78 Å². The van der Waals surface area contributed by atoms with E-state index in [-0.39, 0.29) is 5.75 Å². The Morgan fingerprint density at radius 3 is 2.29 bits per heavy atom. The van der Waals surface area contributed by atoms with Gasteiger partial charge in [-0.05, 0) is 85.6 Å². The Balaban J connectivity index is 1.29. The lowest BCUT2D eigenvalue weighted by Gasteiger charge is -2.35. The average molecular weight is 469 g/mol. The Bertz CT molecular complexity index is 959. The monoisotopic (exact) mass is 468 g/mol. The molecule has 184 valence electrons. The van der Waals surface area contributed by atoms with Gasteiger partial charge in [0.25, 0.3) is 0 Å². The van der Waals surface area contributed by atoms with Crippen LogP contribution in [0.1, 0.15) is 81.9 Å². The highest BCUT2D eigenvalue weighted by atomic mass is 19.2. The summed E-state index contributed by atoms with van der Waals surface area (Å²) in [5.41, 5.74) is 3.92. The van der Waals surface area contributed by atoms with Crippen LogP contribution in [0.25, 0.3) is 5.57 Å². The minimum absolute atomic E-state index is 0.0255. The summed E-state index contributed by atoms with van der Waals surface area (Å²) in [6, 6.07) is 11.5. The molecule has 0 radical (unpaired) electrons. The maximum atomic E-state index is 14.3. The zero-order valence-electron chi connectivity index (χ0n) is 20.6. The van der Waals surface area contributed by atoms with Gasteiger partial charge < -0.3 is 9.47 Å². The van der Waals surface area contributed by atoms with Gasteiger partial charge in [0.05, 0.1) is 12.9 Å². The molecule has 1 heterocycles. The topological polar surface area (TPSA) is 18.5 Å². The first kappa shape index (κ1) is 24.8. The Morgan fingerprint density at radius 2 is 1.65 bits per heavy atom. The summed E-state index contributed by atoms with van der Waals surface area (Å²) in [5.74, 6) is -0.0882. The number of allylic oxidation sites excluding steroid dienone is 1. The lowest BCUT2D eigenvalue weighted by molar-refractivity contribution is 0.0447. The predicted molar refractivity (Wildman–Crippen MR) is 134 cm³/mol. The van der Waals surface area contributed by atoms with E-state index in [0.29, 0.717) is 37.0 Å². The molecule has 4 heteroatoms. The number of rotatable bonds is 9. The summed E-state index contributed by atoms with van der Waals surface area (Å²) in [4.78, 5) is 0. The molecular formula is C30H38F2O2. The zero-order chi connectivity index (χ0) is 23.9. The molecule has 1 unspecified atom stereocenters. The Hall–Kier alpha value is -2.36. The summed E-state index contributed by atoms with van der Waals surface area (Å²) in [6.45, 7) is 4.35. The lowest BCUT2D eigenvalue weighted by Crippen LogP contribution is -2.28. The summed E-state index contributed by atoms with van der Waals surface area (Å²) in [7, 11) is 0. The summed E-state index contributed by atoms with van der Waals surface area (Å²) in [6.07, 6.45) is 13.6. The van der Waals surface area contributed by atoms with E-state index in [1.807, 2.05) is 6.26 Å². The lowest BCUT2D eigenvalue weighted by atomic mass is 9.76. The van der Waals surface area contributed by atoms with E-state index in [2.05, 4.69) is 31.2 Å². The van der Waals surface area contributed by atoms with Gasteiger partial charge in [0.2, 0.25) is 5.82 Å². The van der Waals surface area contributed by atoms with Crippen molar-refractivity contribution in [2.24, 2.45) is 11.8 Å². The quantitative estimate of drug-likeness (QED) is 0.369. The molecule has 0 bridgehead atoms. The number of hydrogen-bond acceptors (Lipinski definition) is 2. The van der Waals surface area contributed by atoms with Crippen LogP contribution >= 0.6 is 0 Å². The largest absolute Gasteiger partial charge is 0.497 e. The third-order valence-electron chi connectivity index (χ3n) is 7.63. The standard InChI is InChI=1S/C30H38F2O2/c1-3-5-21-8-13-24(14-9-21)27-18-17-26(20-34-27)23-11-6-22(7-12-23)10-15-25-16-19-28(33-4-2)30(32)29(25)31/h6-7,11-12,16,19-21,24,27H,3-5,8-10,13-15,17-18H2,1-2H3. The fourth-order valence-electron chi connectivity index (χ4n) is 5.61. The fourth-order valence-corrected chi connectivity index (χ4v) is 5.61. The Morgan fingerprint density at radius 1 is 0.882 bits per heavy atom. The van der Waals surface area contributed by atoms with Gasteiger partial charge >= 0.3 is 0 Å². The fraction of sp³-hybridized carbons (Fsp3) is 0.533. The SMILES string of the molecule is CCCC1CCC(C2CCC(c3ccc(CCc4ccc(OCC)c(F)c4F)cc3)=CO2)CC1. The van der Waals surface area contributed by atoms with Crippen LogP contribution in [0.3, 0.4) is 0 Å². The van der Waals surface area contributed by atoms with Crippen molar-refractivity contribution in [2.75, 3.05) is 6.61 Å². The smallest absolute Gasteiger partial charge is 0.200 e. The molecule has 2 aliphatic rings. The van der Waals surface area contributed by atoms with Crippen LogP contribution in [-0.4, -0.2) is 12.7 Å². The van der Waals surface area contributed by atoms with Crippen LogP contribution < -0.4 is 4.74 Å². The molecular weight excluding hydrogens is 430 g/mol. The minimum Gasteiger partial charge on any atom is -0.497 e. The van der Waals surface area contributed by atoms with Crippen molar-refractivity contribution in [3.8, 4) is 5.75 Å². The molecule has 0 aromatic heterocycles. The van der Waals surface area contributed by atoms with Crippen LogP contribution in [0.5, 0.6) is 5.75 Å². The van der Waals surface area contributed by atoms with Crippen LogP contribution in [0.15, 0.2) is 42.7 Å². The van der Waals surface area contributed by atoms with Gasteiger partial charge in [0.1, 0.15) is 6.10 Å². The molecule has 4 rings (SSSR count). The van der Waals surface area contributed by atoms with Crippen LogP contribution in [-0.2, 0) is 17.6 Å². The van der Waals surface area contributed by atoms with Crippen molar-refractivity contribution in [1.29, 1.82) is 0 Å². The molecule has 0 spiro atoms. The van der Waals surface area contributed by atoms with Crippen LogP contribution in [0, 0.1) is 23.5 Å². The third kappa shape index (κ3) is 6.00. The average Bonchev–Trinajstić information content (AvgIpc) is 2.88. The zero-order valence-corrected chi connectivity index (χ0v) is 20.6. The molecule has 0 amide bonds. The van der Waals surface area contributed by atoms with E-state index in [9.17, 15) is 8.78 Å². The number of benzene rings is 2. The molecule has 2 aromatic carbocycles. The van der Waals surface area contributed by atoms with E-state index in [0.717, 1.165) is 24.3 Å². The van der Waals surface area contributed by atoms with Gasteiger partial charge in [-0.15, -0.1) is 0 Å². The highest BCUT2D eigenvalue weighted by Gasteiger charge is 2.29. The summed E-state index contributed by atoms with van der Waals surface area (Å²) in [5, 5.41) is 0. The molecule has 0 saturated heterocycles. The third-order valence-corrected chi connectivity index (χ3v) is 7.63. The van der Waals surface area contributed by atoms with Crippen LogP contribution in [0.2, 0.25) is 0 Å². The molecule has 1 aliphatic heterocycles. The molecule has 1 fully saturated rings. The molecule has 34 heavy (non-hydrogen) atoms. The van der Waals surface area contributed by atoms with E-state index in [4.69, 9.17) is 9.47 Å². The molecule has 2 nitrogen and oxygen atoms in total. The van der Waals surface area contributed by atoms with Gasteiger partial charge in [-0.25, -0.2) is 4.39 Å². The molecule has 0 N–H and O–H groups in total. The molecule has 1 aliphatic carbocycles. The van der Waals surface area contributed by atoms with Crippen molar-refractivity contribution in [3.05, 3.63) is 71.0 Å². The van der Waals surface area contributed by atoms with Gasteiger partial charge in [0, 0.05) is 0 Å². The van der Waals surface area contributed by atoms with E-state index < -0.39 is 11.6 Å². The molecule has 2 aromatic rings. The van der Waals surface area contributed by atoms with Crippen molar-refractivity contribution in [2.45, 2.75) is 84.2 Å². The van der Waals surface area contributed by atoms with Crippen molar-refractivity contribution < 1.29 is 18.3 Å². The normalized spacial score (nSPS) is 22.7. The van der Waals surface area contributed by atoms with Gasteiger partial charge in [-0.3, -0.25) is 0 Å². The highest BCUT2D eigenvalue weighted by molar-refractivity contribution is 5.65. The van der Waals surface area contributed by atoms with Gasteiger partial charge in [-0.2, -0.15) is 4.39 Å². The van der Waals surface area contributed by atoms with E-state index >= 15 is 0 Å². The number of hydrogen-bond donors (Lipinski definition) is 0. The van der Waals surface area contributed by atoms with Gasteiger partial charge in [0.15, 0.2) is 11.6 Å². The van der Waals surface area contributed by atoms with Crippen molar-refractivity contribution >= 4 is 5.57 Å². The van der Waals surface area contributed by atoms with Gasteiger partial charge in [-0.1, -0.05) is 62.9 Å². The second-order valence-electron chi connectivity index (χ2n) is 9.91. The second kappa shape index (κ2) is 11.9. The first-order valence-corrected chi connectivity index (χ1v) is 13.1. The summed E-state index contributed by atoms with van der Waals surface area (Å²) >= 11 is 0. The first-order valence-electron chi connectivity index (χ1n) is 13.1. The molecule has 1 atom stereocenters. The van der Waals surface area contributed by atoms with Crippen molar-refractivity contribution in [1.82, 2.24) is 0 Å². The van der Waals surface area contributed by atoms with E-state index in [1.54, 1.807) is 13.0 Å². The number of halogens is 2. The maximum Gasteiger partial charge on any atom is 0.200 e. The van der Waals surface area contributed by atoms with Crippen molar-refractivity contribution in [3.63, 3.8) is 0 Å². The minimum atomic E-state index is -0.897. The maximum absolute atomic E-state index is 14.3. The first-order chi connectivity index (χ1) is 16.6. The molecule has 1 saturated carbocycles. The number of ether oxygens (including phenoxy) is 2. The number of aryl methyl sites for hydroxylation is 2. The summed E-state index contributed by atoms with van der Waals surface area (Å²) < 4.78 is 39.8.